The maximum absolute atomic E-state index is 13.3. The van der Waals surface area contributed by atoms with E-state index < -0.39 is 60.2 Å². The molecular weight excluding hydrogens is 480 g/mol. The van der Waals surface area contributed by atoms with E-state index in [4.69, 9.17) is 10.8 Å². The number of carboxylic acids is 2. The van der Waals surface area contributed by atoms with E-state index in [-0.39, 0.29) is 19.4 Å². The highest BCUT2D eigenvalue weighted by molar-refractivity contribution is 7.98. The molecule has 4 atom stereocenters. The Balaban J connectivity index is 2.20. The summed E-state index contributed by atoms with van der Waals surface area (Å²) in [6.45, 7) is 0.231. The first kappa shape index (κ1) is 28.1. The van der Waals surface area contributed by atoms with Crippen LogP contribution in [-0.2, 0) is 30.4 Å². The molecule has 1 aromatic heterocycles. The summed E-state index contributed by atoms with van der Waals surface area (Å²) in [5.41, 5.74) is 6.40. The first-order valence-electron chi connectivity index (χ1n) is 11.2. The van der Waals surface area contributed by atoms with Crippen LogP contribution >= 0.6 is 11.8 Å². The highest BCUT2D eigenvalue weighted by Crippen LogP contribution is 2.19. The lowest BCUT2D eigenvalue weighted by atomic mass is 10.1. The average Bonchev–Trinajstić information content (AvgIpc) is 3.51. The summed E-state index contributed by atoms with van der Waals surface area (Å²) in [6, 6.07) is -4.28. The van der Waals surface area contributed by atoms with Gasteiger partial charge >= 0.3 is 11.9 Å². The second-order valence-electron chi connectivity index (χ2n) is 8.25. The number of likely N-dealkylation sites (tertiary alicyclic amines) is 1. The topological polar surface area (TPSA) is 208 Å². The maximum Gasteiger partial charge on any atom is 0.326 e. The lowest BCUT2D eigenvalue weighted by Gasteiger charge is -2.28. The van der Waals surface area contributed by atoms with Crippen molar-refractivity contribution >= 4 is 41.4 Å². The summed E-state index contributed by atoms with van der Waals surface area (Å²) < 4.78 is 0. The third kappa shape index (κ3) is 8.55. The molecule has 2 heterocycles. The Morgan fingerprint density at radius 2 is 1.91 bits per heavy atom. The molecule has 1 aliphatic rings. The lowest BCUT2D eigenvalue weighted by Crippen LogP contribution is -2.57. The van der Waals surface area contributed by atoms with E-state index in [2.05, 4.69) is 20.6 Å². The molecule has 35 heavy (non-hydrogen) atoms. The maximum atomic E-state index is 13.3. The summed E-state index contributed by atoms with van der Waals surface area (Å²) in [6.07, 6.45) is 5.31. The molecule has 2 rings (SSSR count). The molecule has 0 radical (unpaired) electrons. The van der Waals surface area contributed by atoms with Gasteiger partial charge in [0.25, 0.3) is 0 Å². The predicted octanol–water partition coefficient (Wildman–Crippen LogP) is -1.06. The van der Waals surface area contributed by atoms with Gasteiger partial charge in [0.15, 0.2) is 0 Å². The van der Waals surface area contributed by atoms with Gasteiger partial charge in [0.1, 0.15) is 18.1 Å². The highest BCUT2D eigenvalue weighted by Gasteiger charge is 2.38. The van der Waals surface area contributed by atoms with Crippen LogP contribution in [0.1, 0.15) is 37.8 Å². The number of amides is 3. The van der Waals surface area contributed by atoms with Crippen molar-refractivity contribution in [1.82, 2.24) is 25.5 Å². The Morgan fingerprint density at radius 1 is 1.20 bits per heavy atom. The molecule has 0 saturated carbocycles. The van der Waals surface area contributed by atoms with Crippen LogP contribution < -0.4 is 16.4 Å². The van der Waals surface area contributed by atoms with Crippen LogP contribution in [-0.4, -0.2) is 97.5 Å². The van der Waals surface area contributed by atoms with Gasteiger partial charge in [0.05, 0.1) is 12.4 Å². The Hall–Kier alpha value is -3.13. The number of nitrogens with zero attached hydrogens (tertiary/aromatic N) is 2. The number of carboxylic acid groups (broad SMARTS) is 2. The van der Waals surface area contributed by atoms with Gasteiger partial charge in [-0.15, -0.1) is 0 Å². The Kier molecular flexibility index (Phi) is 11.0. The van der Waals surface area contributed by atoms with Gasteiger partial charge in [-0.2, -0.15) is 11.8 Å². The van der Waals surface area contributed by atoms with Crippen LogP contribution in [0.4, 0.5) is 0 Å². The predicted molar refractivity (Wildman–Crippen MR) is 126 cm³/mol. The zero-order valence-corrected chi connectivity index (χ0v) is 20.3. The van der Waals surface area contributed by atoms with Crippen molar-refractivity contribution in [2.75, 3.05) is 18.6 Å². The second kappa shape index (κ2) is 13.7. The minimum atomic E-state index is -1.25. The number of hydrogen-bond acceptors (Lipinski definition) is 8. The van der Waals surface area contributed by atoms with Crippen molar-refractivity contribution in [3.63, 3.8) is 0 Å². The SMILES string of the molecule is CSCCC(N)C(=O)NC(CCC(=O)O)C(=O)NC(Cc1cnc[nH]1)C(=O)N1CCCC1C(=O)O. The Labute approximate surface area is 206 Å². The van der Waals surface area contributed by atoms with E-state index in [1.807, 2.05) is 6.26 Å². The van der Waals surface area contributed by atoms with Crippen molar-refractivity contribution in [3.05, 3.63) is 18.2 Å². The van der Waals surface area contributed by atoms with Gasteiger partial charge in [-0.05, 0) is 37.7 Å². The minimum absolute atomic E-state index is 0.000244. The number of aromatic nitrogens is 2. The Morgan fingerprint density at radius 3 is 2.51 bits per heavy atom. The molecule has 13 nitrogen and oxygen atoms in total. The average molecular weight is 513 g/mol. The van der Waals surface area contributed by atoms with Crippen LogP contribution in [0.3, 0.4) is 0 Å². The number of H-pyrrole nitrogens is 1. The number of hydrogen-bond donors (Lipinski definition) is 6. The Bertz CT molecular complexity index is 897. The number of thioether (sulfide) groups is 1. The number of imidazole rings is 1. The molecule has 1 saturated heterocycles. The van der Waals surface area contributed by atoms with Crippen molar-refractivity contribution in [3.8, 4) is 0 Å². The number of carbonyl (C=O) groups is 5. The van der Waals surface area contributed by atoms with Gasteiger partial charge in [-0.3, -0.25) is 19.2 Å². The van der Waals surface area contributed by atoms with Gasteiger partial charge in [-0.1, -0.05) is 0 Å². The first-order valence-corrected chi connectivity index (χ1v) is 12.6. The van der Waals surface area contributed by atoms with Crippen molar-refractivity contribution in [2.45, 2.75) is 62.7 Å². The monoisotopic (exact) mass is 512 g/mol. The van der Waals surface area contributed by atoms with E-state index in [0.29, 0.717) is 30.7 Å². The zero-order valence-electron chi connectivity index (χ0n) is 19.4. The summed E-state index contributed by atoms with van der Waals surface area (Å²) in [5.74, 6) is -3.62. The third-order valence-electron chi connectivity index (χ3n) is 5.66. The molecule has 4 unspecified atom stereocenters. The van der Waals surface area contributed by atoms with Gasteiger partial charge in [0.2, 0.25) is 17.7 Å². The lowest BCUT2D eigenvalue weighted by molar-refractivity contribution is -0.149. The van der Waals surface area contributed by atoms with Gasteiger partial charge < -0.3 is 36.5 Å². The van der Waals surface area contributed by atoms with Crippen molar-refractivity contribution < 1.29 is 34.2 Å². The normalized spacial score (nSPS) is 17.9. The molecule has 0 aromatic carbocycles. The quantitative estimate of drug-likeness (QED) is 0.178. The van der Waals surface area contributed by atoms with E-state index >= 15 is 0 Å². The third-order valence-corrected chi connectivity index (χ3v) is 6.31. The molecule has 1 aliphatic heterocycles. The molecule has 1 aromatic rings. The number of nitrogens with one attached hydrogen (secondary N) is 3. The van der Waals surface area contributed by atoms with E-state index in [0.717, 1.165) is 0 Å². The smallest absolute Gasteiger partial charge is 0.326 e. The van der Waals surface area contributed by atoms with Crippen LogP contribution in [0.15, 0.2) is 12.5 Å². The fraction of sp³-hybridized carbons (Fsp3) is 0.619. The molecule has 1 fully saturated rings. The summed E-state index contributed by atoms with van der Waals surface area (Å²) in [4.78, 5) is 69.5. The molecular formula is C21H32N6O7S. The highest BCUT2D eigenvalue weighted by atomic mass is 32.2. The molecule has 14 heteroatoms. The van der Waals surface area contributed by atoms with E-state index in [9.17, 15) is 29.1 Å². The van der Waals surface area contributed by atoms with Gasteiger partial charge in [-0.25, -0.2) is 9.78 Å². The molecule has 0 aliphatic carbocycles. The zero-order chi connectivity index (χ0) is 26.0. The molecule has 0 bridgehead atoms. The number of carbonyl (C=O) groups excluding carboxylic acids is 3. The molecule has 194 valence electrons. The summed E-state index contributed by atoms with van der Waals surface area (Å²) in [5, 5.41) is 23.6. The van der Waals surface area contributed by atoms with Crippen LogP contribution in [0.25, 0.3) is 0 Å². The number of aromatic amines is 1. The largest absolute Gasteiger partial charge is 0.481 e. The standard InChI is InChI=1S/C21H32N6O7S/c1-35-8-6-13(22)18(30)25-14(4-5-17(28)29)19(31)26-15(9-12-10-23-11-24-12)20(32)27-7-2-3-16(27)21(33)34/h10-11,13-16H,2-9,22H2,1H3,(H,23,24)(H,25,30)(H,26,31)(H,28,29)(H,33,34). The molecule has 3 amide bonds. The second-order valence-corrected chi connectivity index (χ2v) is 9.24. The van der Waals surface area contributed by atoms with E-state index in [1.54, 1.807) is 0 Å². The van der Waals surface area contributed by atoms with E-state index in [1.165, 1.54) is 29.2 Å². The minimum Gasteiger partial charge on any atom is -0.481 e. The van der Waals surface area contributed by atoms with Crippen LogP contribution in [0, 0.1) is 0 Å². The number of nitrogens with two attached hydrogens (primary N) is 1. The van der Waals surface area contributed by atoms with Gasteiger partial charge in [0, 0.05) is 31.3 Å². The number of aliphatic carboxylic acids is 2. The van der Waals surface area contributed by atoms with Crippen LogP contribution in [0.5, 0.6) is 0 Å². The van der Waals surface area contributed by atoms with Crippen molar-refractivity contribution in [2.24, 2.45) is 5.73 Å². The fourth-order valence-electron chi connectivity index (χ4n) is 3.77. The van der Waals surface area contributed by atoms with Crippen molar-refractivity contribution in [1.29, 1.82) is 0 Å². The molecule has 0 spiro atoms. The van der Waals surface area contributed by atoms with Crippen LogP contribution in [0.2, 0.25) is 0 Å². The summed E-state index contributed by atoms with van der Waals surface area (Å²) in [7, 11) is 0. The number of rotatable bonds is 14. The summed E-state index contributed by atoms with van der Waals surface area (Å²) >= 11 is 1.51. The first-order chi connectivity index (χ1) is 16.6. The molecule has 7 N–H and O–H groups in total. The fourth-order valence-corrected chi connectivity index (χ4v) is 4.26.